The monoisotopic (exact) mass is 286 g/mol. The molecule has 5 heteroatoms. The summed E-state index contributed by atoms with van der Waals surface area (Å²) in [6.07, 6.45) is 4.64. The molecule has 0 spiro atoms. The van der Waals surface area contributed by atoms with Crippen LogP contribution in [-0.4, -0.2) is 9.55 Å². The fraction of sp³-hybridized carbons (Fsp3) is 0.462. The van der Waals surface area contributed by atoms with Crippen LogP contribution < -0.4 is 0 Å². The number of halogens is 3. The highest BCUT2D eigenvalue weighted by molar-refractivity contribution is 6.31. The Kier molecular flexibility index (Phi) is 3.20. The molecular formula is C13H13Cl2FN2. The van der Waals surface area contributed by atoms with Crippen molar-refractivity contribution in [2.75, 3.05) is 0 Å². The molecule has 0 aliphatic heterocycles. The van der Waals surface area contributed by atoms with Crippen LogP contribution in [-0.2, 0) is 5.88 Å². The van der Waals surface area contributed by atoms with Gasteiger partial charge < -0.3 is 4.57 Å². The second kappa shape index (κ2) is 4.71. The average Bonchev–Trinajstić information content (AvgIpc) is 2.96. The molecule has 0 N–H and O–H groups in total. The zero-order chi connectivity index (χ0) is 12.7. The Bertz CT molecular complexity index is 588. The van der Waals surface area contributed by atoms with Gasteiger partial charge in [0, 0.05) is 12.1 Å². The smallest absolute Gasteiger partial charge is 0.144 e. The second-order valence-electron chi connectivity index (χ2n) is 4.72. The Morgan fingerprint density at radius 2 is 2.06 bits per heavy atom. The molecule has 0 bridgehead atoms. The van der Waals surface area contributed by atoms with Gasteiger partial charge in [-0.1, -0.05) is 24.4 Å². The lowest BCUT2D eigenvalue weighted by Crippen LogP contribution is -2.08. The Labute approximate surface area is 115 Å². The highest BCUT2D eigenvalue weighted by Crippen LogP contribution is 2.35. The average molecular weight is 287 g/mol. The zero-order valence-electron chi connectivity index (χ0n) is 9.80. The molecule has 1 saturated carbocycles. The molecular weight excluding hydrogens is 274 g/mol. The van der Waals surface area contributed by atoms with E-state index in [1.54, 1.807) is 6.07 Å². The molecule has 2 nitrogen and oxygen atoms in total. The van der Waals surface area contributed by atoms with Gasteiger partial charge in [0.2, 0.25) is 0 Å². The lowest BCUT2D eigenvalue weighted by Gasteiger charge is -2.15. The van der Waals surface area contributed by atoms with E-state index in [1.165, 1.54) is 18.9 Å². The quantitative estimate of drug-likeness (QED) is 0.733. The molecule has 0 amide bonds. The molecule has 1 fully saturated rings. The lowest BCUT2D eigenvalue weighted by atomic mass is 10.2. The van der Waals surface area contributed by atoms with E-state index >= 15 is 0 Å². The largest absolute Gasteiger partial charge is 0.324 e. The van der Waals surface area contributed by atoms with Crippen molar-refractivity contribution >= 4 is 34.2 Å². The number of fused-ring (bicyclic) bond motifs is 1. The second-order valence-corrected chi connectivity index (χ2v) is 5.40. The summed E-state index contributed by atoms with van der Waals surface area (Å²) < 4.78 is 15.7. The summed E-state index contributed by atoms with van der Waals surface area (Å²) in [6.45, 7) is 0. The third-order valence-corrected chi connectivity index (χ3v) is 4.14. The van der Waals surface area contributed by atoms with E-state index in [-0.39, 0.29) is 5.02 Å². The summed E-state index contributed by atoms with van der Waals surface area (Å²) in [7, 11) is 0. The van der Waals surface area contributed by atoms with Crippen molar-refractivity contribution in [2.24, 2.45) is 0 Å². The number of benzene rings is 1. The van der Waals surface area contributed by atoms with Gasteiger partial charge >= 0.3 is 0 Å². The molecule has 0 radical (unpaired) electrons. The molecule has 18 heavy (non-hydrogen) atoms. The molecule has 0 saturated heterocycles. The minimum absolute atomic E-state index is 0.111. The highest BCUT2D eigenvalue weighted by Gasteiger charge is 2.23. The minimum atomic E-state index is -0.399. The van der Waals surface area contributed by atoms with Crippen molar-refractivity contribution in [3.8, 4) is 0 Å². The highest BCUT2D eigenvalue weighted by atomic mass is 35.5. The Hall–Kier alpha value is -0.800. The van der Waals surface area contributed by atoms with Gasteiger partial charge in [-0.05, 0) is 18.9 Å². The normalized spacial score (nSPS) is 16.8. The number of hydrogen-bond acceptors (Lipinski definition) is 1. The first-order valence-electron chi connectivity index (χ1n) is 6.12. The molecule has 1 heterocycles. The third-order valence-electron chi connectivity index (χ3n) is 3.61. The molecule has 96 valence electrons. The molecule has 3 rings (SSSR count). The summed E-state index contributed by atoms with van der Waals surface area (Å²) >= 11 is 11.7. The number of hydrogen-bond donors (Lipinski definition) is 0. The van der Waals surface area contributed by atoms with Crippen LogP contribution in [0.3, 0.4) is 0 Å². The van der Waals surface area contributed by atoms with Crippen LogP contribution in [0.5, 0.6) is 0 Å². The summed E-state index contributed by atoms with van der Waals surface area (Å²) in [5.41, 5.74) is 1.53. The maximum atomic E-state index is 13.6. The standard InChI is InChI=1S/C13H13Cl2FN2/c14-7-13-17-11-5-9(15)10(16)6-12(11)18(13)8-3-1-2-4-8/h5-6,8H,1-4,7H2. The van der Waals surface area contributed by atoms with Crippen molar-refractivity contribution in [3.05, 3.63) is 28.8 Å². The van der Waals surface area contributed by atoms with E-state index in [4.69, 9.17) is 23.2 Å². The predicted octanol–water partition coefficient (Wildman–Crippen LogP) is 4.68. The number of aromatic nitrogens is 2. The van der Waals surface area contributed by atoms with E-state index in [1.807, 2.05) is 0 Å². The van der Waals surface area contributed by atoms with Crippen LogP contribution in [0.25, 0.3) is 11.0 Å². The fourth-order valence-corrected chi connectivity index (χ4v) is 3.15. The SMILES string of the molecule is Fc1cc2c(cc1Cl)nc(CCl)n2C1CCCC1. The first-order valence-corrected chi connectivity index (χ1v) is 7.04. The van der Waals surface area contributed by atoms with E-state index in [2.05, 4.69) is 9.55 Å². The number of alkyl halides is 1. The first-order chi connectivity index (χ1) is 8.70. The molecule has 1 aromatic carbocycles. The Morgan fingerprint density at radius 1 is 1.33 bits per heavy atom. The Morgan fingerprint density at radius 3 is 2.72 bits per heavy atom. The van der Waals surface area contributed by atoms with Gasteiger partial charge in [-0.15, -0.1) is 11.6 Å². The number of rotatable bonds is 2. The minimum Gasteiger partial charge on any atom is -0.324 e. The van der Waals surface area contributed by atoms with Crippen molar-refractivity contribution in [1.82, 2.24) is 9.55 Å². The van der Waals surface area contributed by atoms with Gasteiger partial charge in [-0.25, -0.2) is 9.37 Å². The molecule has 1 aliphatic carbocycles. The maximum Gasteiger partial charge on any atom is 0.144 e. The van der Waals surface area contributed by atoms with Gasteiger partial charge in [0.05, 0.1) is 21.9 Å². The molecule has 1 aliphatic rings. The van der Waals surface area contributed by atoms with E-state index in [0.29, 0.717) is 11.9 Å². The molecule has 2 aromatic rings. The van der Waals surface area contributed by atoms with E-state index in [0.717, 1.165) is 29.7 Å². The summed E-state index contributed by atoms with van der Waals surface area (Å²) in [5, 5.41) is 0.111. The Balaban J connectivity index is 2.23. The first kappa shape index (κ1) is 12.2. The van der Waals surface area contributed by atoms with Crippen LogP contribution in [0.1, 0.15) is 37.5 Å². The summed E-state index contributed by atoms with van der Waals surface area (Å²) in [6, 6.07) is 3.44. The van der Waals surface area contributed by atoms with Gasteiger partial charge in [0.15, 0.2) is 0 Å². The molecule has 1 aromatic heterocycles. The van der Waals surface area contributed by atoms with Gasteiger partial charge in [-0.3, -0.25) is 0 Å². The van der Waals surface area contributed by atoms with Crippen LogP contribution in [0.15, 0.2) is 12.1 Å². The number of imidazole rings is 1. The van der Waals surface area contributed by atoms with Crippen molar-refractivity contribution in [3.63, 3.8) is 0 Å². The fourth-order valence-electron chi connectivity index (χ4n) is 2.80. The topological polar surface area (TPSA) is 17.8 Å². The molecule has 0 atom stereocenters. The lowest BCUT2D eigenvalue weighted by molar-refractivity contribution is 0.517. The van der Waals surface area contributed by atoms with Crippen LogP contribution in [0.4, 0.5) is 4.39 Å². The van der Waals surface area contributed by atoms with Crippen LogP contribution >= 0.6 is 23.2 Å². The van der Waals surface area contributed by atoms with Gasteiger partial charge in [-0.2, -0.15) is 0 Å². The third kappa shape index (κ3) is 1.90. The van der Waals surface area contributed by atoms with E-state index in [9.17, 15) is 4.39 Å². The summed E-state index contributed by atoms with van der Waals surface area (Å²) in [4.78, 5) is 4.46. The maximum absolute atomic E-state index is 13.6. The van der Waals surface area contributed by atoms with Crippen LogP contribution in [0.2, 0.25) is 5.02 Å². The van der Waals surface area contributed by atoms with Crippen LogP contribution in [0, 0.1) is 5.82 Å². The molecule has 0 unspecified atom stereocenters. The predicted molar refractivity (Wildman–Crippen MR) is 71.8 cm³/mol. The van der Waals surface area contributed by atoms with Gasteiger partial charge in [0.1, 0.15) is 11.6 Å². The van der Waals surface area contributed by atoms with Crippen molar-refractivity contribution < 1.29 is 4.39 Å². The summed E-state index contributed by atoms with van der Waals surface area (Å²) in [5.74, 6) is 0.745. The number of nitrogens with zero attached hydrogens (tertiary/aromatic N) is 2. The van der Waals surface area contributed by atoms with Crippen molar-refractivity contribution in [1.29, 1.82) is 0 Å². The zero-order valence-corrected chi connectivity index (χ0v) is 11.3. The van der Waals surface area contributed by atoms with Gasteiger partial charge in [0.25, 0.3) is 0 Å². The van der Waals surface area contributed by atoms with Crippen molar-refractivity contribution in [2.45, 2.75) is 37.6 Å². The van der Waals surface area contributed by atoms with E-state index < -0.39 is 5.82 Å².